The first-order valence-electron chi connectivity index (χ1n) is 4.25. The van der Waals surface area contributed by atoms with Gasteiger partial charge >= 0.3 is 0 Å². The van der Waals surface area contributed by atoms with Crippen LogP contribution in [0.3, 0.4) is 0 Å². The second-order valence-electron chi connectivity index (χ2n) is 2.93. The summed E-state index contributed by atoms with van der Waals surface area (Å²) in [5.41, 5.74) is 0.994. The van der Waals surface area contributed by atoms with E-state index in [9.17, 15) is 10.3 Å². The molecule has 70 valence electrons. The van der Waals surface area contributed by atoms with Crippen LogP contribution in [0.4, 0.5) is 0 Å². The molecule has 0 bridgehead atoms. The number of rotatable bonds is 1. The Bertz CT molecular complexity index is 420. The number of pyridine rings is 1. The van der Waals surface area contributed by atoms with Gasteiger partial charge in [0.1, 0.15) is 0 Å². The second kappa shape index (κ2) is 3.38. The van der Waals surface area contributed by atoms with Gasteiger partial charge in [-0.25, -0.2) is 0 Å². The lowest BCUT2D eigenvalue weighted by molar-refractivity contribution is -0.594. The van der Waals surface area contributed by atoms with Crippen molar-refractivity contribution >= 4 is 0 Å². The van der Waals surface area contributed by atoms with E-state index in [1.165, 1.54) is 18.3 Å². The summed E-state index contributed by atoms with van der Waals surface area (Å²) in [7, 11) is 0. The Labute approximate surface area is 81.5 Å². The van der Waals surface area contributed by atoms with Crippen LogP contribution in [0.1, 0.15) is 0 Å². The molecule has 1 aromatic carbocycles. The molecule has 0 saturated carbocycles. The second-order valence-corrected chi connectivity index (χ2v) is 2.93. The predicted molar refractivity (Wildman–Crippen MR) is 52.5 cm³/mol. The van der Waals surface area contributed by atoms with Crippen LogP contribution < -0.4 is 4.73 Å². The van der Waals surface area contributed by atoms with Crippen molar-refractivity contribution in [2.75, 3.05) is 0 Å². The van der Waals surface area contributed by atoms with Crippen molar-refractivity contribution in [2.24, 2.45) is 0 Å². The van der Waals surface area contributed by atoms with Gasteiger partial charge in [-0.1, -0.05) is 18.2 Å². The van der Waals surface area contributed by atoms with E-state index < -0.39 is 0 Å². The first-order valence-corrected chi connectivity index (χ1v) is 4.25. The topological polar surface area (TPSA) is 47.2 Å². The number of aromatic nitrogens is 1. The zero-order valence-electron chi connectivity index (χ0n) is 7.42. The molecule has 0 fully saturated rings. The molecule has 0 atom stereocenters. The highest BCUT2D eigenvalue weighted by Crippen LogP contribution is 2.23. The molecule has 0 aliphatic heterocycles. The van der Waals surface area contributed by atoms with Gasteiger partial charge in [0.25, 0.3) is 5.69 Å². The molecule has 0 radical (unpaired) electrons. The van der Waals surface area contributed by atoms with Crippen LogP contribution in [-0.2, 0) is 0 Å². The minimum atomic E-state index is -0.00583. The number of hydrogen-bond donors (Lipinski definition) is 1. The van der Waals surface area contributed by atoms with E-state index >= 15 is 0 Å². The van der Waals surface area contributed by atoms with Crippen molar-refractivity contribution in [2.45, 2.75) is 0 Å². The largest absolute Gasteiger partial charge is 0.618 e. The van der Waals surface area contributed by atoms with Crippen molar-refractivity contribution in [3.8, 4) is 17.0 Å². The fraction of sp³-hybridized carbons (Fsp3) is 0. The third kappa shape index (κ3) is 1.40. The first kappa shape index (κ1) is 8.56. The summed E-state index contributed by atoms with van der Waals surface area (Å²) in [5.74, 6) is -0.00583. The molecule has 0 unspecified atom stereocenters. The van der Waals surface area contributed by atoms with Crippen molar-refractivity contribution in [3.63, 3.8) is 0 Å². The zero-order chi connectivity index (χ0) is 9.97. The molecule has 0 spiro atoms. The highest BCUT2D eigenvalue weighted by molar-refractivity contribution is 5.62. The standard InChI is InChI=1S/C11H9NO2/c13-10-7-4-8-12(14)11(10)9-5-2-1-3-6-9/h1-8,13H. The monoisotopic (exact) mass is 187 g/mol. The van der Waals surface area contributed by atoms with Crippen LogP contribution in [0.5, 0.6) is 5.75 Å². The Hall–Kier alpha value is -2.03. The average Bonchev–Trinajstić information content (AvgIpc) is 2.19. The molecule has 0 amide bonds. The number of benzene rings is 1. The van der Waals surface area contributed by atoms with Gasteiger partial charge < -0.3 is 10.3 Å². The smallest absolute Gasteiger partial charge is 0.265 e. The van der Waals surface area contributed by atoms with Crippen LogP contribution in [-0.4, -0.2) is 5.11 Å². The van der Waals surface area contributed by atoms with Gasteiger partial charge in [0, 0.05) is 6.07 Å². The fourth-order valence-corrected chi connectivity index (χ4v) is 1.35. The maximum absolute atomic E-state index is 11.4. The quantitative estimate of drug-likeness (QED) is 0.545. The summed E-state index contributed by atoms with van der Waals surface area (Å²) in [4.78, 5) is 0. The normalized spacial score (nSPS) is 10.0. The Morgan fingerprint density at radius 2 is 1.71 bits per heavy atom. The first-order chi connectivity index (χ1) is 6.79. The van der Waals surface area contributed by atoms with E-state index in [2.05, 4.69) is 0 Å². The van der Waals surface area contributed by atoms with Gasteiger partial charge in [-0.2, -0.15) is 4.73 Å². The van der Waals surface area contributed by atoms with Gasteiger partial charge in [-0.15, -0.1) is 0 Å². The predicted octanol–water partition coefficient (Wildman–Crippen LogP) is 1.69. The average molecular weight is 187 g/mol. The molecule has 1 aromatic heterocycles. The number of nitrogens with zero attached hydrogens (tertiary/aromatic N) is 1. The Kier molecular flexibility index (Phi) is 2.07. The van der Waals surface area contributed by atoms with E-state index in [0.29, 0.717) is 10.3 Å². The van der Waals surface area contributed by atoms with E-state index in [0.717, 1.165) is 0 Å². The minimum Gasteiger partial charge on any atom is -0.618 e. The van der Waals surface area contributed by atoms with Crippen LogP contribution in [0.2, 0.25) is 0 Å². The van der Waals surface area contributed by atoms with E-state index in [1.54, 1.807) is 12.1 Å². The Balaban J connectivity index is 2.63. The molecule has 0 aliphatic carbocycles. The van der Waals surface area contributed by atoms with Crippen molar-refractivity contribution in [1.29, 1.82) is 0 Å². The highest BCUT2D eigenvalue weighted by atomic mass is 16.5. The summed E-state index contributed by atoms with van der Waals surface area (Å²) < 4.78 is 0.657. The van der Waals surface area contributed by atoms with Gasteiger partial charge in [-0.05, 0) is 18.2 Å². The van der Waals surface area contributed by atoms with Crippen LogP contribution >= 0.6 is 0 Å². The zero-order valence-corrected chi connectivity index (χ0v) is 7.42. The summed E-state index contributed by atoms with van der Waals surface area (Å²) >= 11 is 0. The maximum atomic E-state index is 11.4. The molecule has 0 saturated heterocycles. The summed E-state index contributed by atoms with van der Waals surface area (Å²) in [6, 6.07) is 12.1. The molecule has 2 aromatic rings. The lowest BCUT2D eigenvalue weighted by atomic mass is 10.1. The van der Waals surface area contributed by atoms with Crippen molar-refractivity contribution in [3.05, 3.63) is 53.9 Å². The SMILES string of the molecule is [O-][n+]1cccc(O)c1-c1ccccc1. The maximum Gasteiger partial charge on any atom is 0.265 e. The third-order valence-electron chi connectivity index (χ3n) is 1.99. The molecular formula is C11H9NO2. The fourth-order valence-electron chi connectivity index (χ4n) is 1.35. The highest BCUT2D eigenvalue weighted by Gasteiger charge is 2.12. The lowest BCUT2D eigenvalue weighted by Crippen LogP contribution is -2.28. The Morgan fingerprint density at radius 1 is 1.00 bits per heavy atom. The number of aromatic hydroxyl groups is 1. The molecule has 3 heteroatoms. The molecular weight excluding hydrogens is 178 g/mol. The molecule has 3 nitrogen and oxygen atoms in total. The van der Waals surface area contributed by atoms with Gasteiger partial charge in [0.15, 0.2) is 11.9 Å². The summed E-state index contributed by atoms with van der Waals surface area (Å²) in [6.45, 7) is 0. The molecule has 2 rings (SSSR count). The lowest BCUT2D eigenvalue weighted by Gasteiger charge is -2.05. The van der Waals surface area contributed by atoms with Gasteiger partial charge in [0.05, 0.1) is 5.56 Å². The van der Waals surface area contributed by atoms with Crippen LogP contribution in [0.15, 0.2) is 48.7 Å². The Morgan fingerprint density at radius 3 is 2.36 bits per heavy atom. The summed E-state index contributed by atoms with van der Waals surface area (Å²) in [6.07, 6.45) is 1.36. The van der Waals surface area contributed by atoms with Crippen LogP contribution in [0, 0.1) is 5.21 Å². The van der Waals surface area contributed by atoms with Crippen LogP contribution in [0.25, 0.3) is 11.3 Å². The molecule has 14 heavy (non-hydrogen) atoms. The number of hydrogen-bond acceptors (Lipinski definition) is 2. The van der Waals surface area contributed by atoms with Crippen molar-refractivity contribution < 1.29 is 9.84 Å². The summed E-state index contributed by atoms with van der Waals surface area (Å²) in [5, 5.41) is 20.9. The van der Waals surface area contributed by atoms with Crippen molar-refractivity contribution in [1.82, 2.24) is 0 Å². The van der Waals surface area contributed by atoms with E-state index in [-0.39, 0.29) is 11.4 Å². The third-order valence-corrected chi connectivity index (χ3v) is 1.99. The van der Waals surface area contributed by atoms with Gasteiger partial charge in [-0.3, -0.25) is 0 Å². The minimum absolute atomic E-state index is 0.00583. The molecule has 1 heterocycles. The molecule has 0 aliphatic rings. The van der Waals surface area contributed by atoms with Gasteiger partial charge in [0.2, 0.25) is 0 Å². The molecule has 1 N–H and O–H groups in total. The van der Waals surface area contributed by atoms with E-state index in [1.807, 2.05) is 18.2 Å². The van der Waals surface area contributed by atoms with E-state index in [4.69, 9.17) is 0 Å².